The first-order valence-electron chi connectivity index (χ1n) is 6.94. The summed E-state index contributed by atoms with van der Waals surface area (Å²) in [6.07, 6.45) is -0.681. The molecule has 1 aromatic rings. The predicted molar refractivity (Wildman–Crippen MR) is 77.3 cm³/mol. The Bertz CT molecular complexity index is 766. The van der Waals surface area contributed by atoms with Crippen LogP contribution in [0.4, 0.5) is 0 Å². The largest absolute Gasteiger partial charge is 0.507 e. The van der Waals surface area contributed by atoms with E-state index in [-0.39, 0.29) is 17.1 Å². The Morgan fingerprint density at radius 3 is 2.57 bits per heavy atom. The van der Waals surface area contributed by atoms with Gasteiger partial charge in [0.2, 0.25) is 17.2 Å². The topological polar surface area (TPSA) is 113 Å². The number of hydrogen-bond acceptors (Lipinski definition) is 7. The molecule has 1 heterocycles. The van der Waals surface area contributed by atoms with Gasteiger partial charge < -0.3 is 24.8 Å². The fourth-order valence-electron chi connectivity index (χ4n) is 3.12. The number of aliphatic hydroxyl groups excluding tert-OH is 1. The van der Waals surface area contributed by atoms with Crippen LogP contribution < -0.4 is 4.74 Å². The van der Waals surface area contributed by atoms with Crippen molar-refractivity contribution in [3.63, 3.8) is 0 Å². The molecule has 1 aliphatic heterocycles. The summed E-state index contributed by atoms with van der Waals surface area (Å²) >= 11 is 0. The molecule has 7 nitrogen and oxygen atoms in total. The molecule has 0 amide bonds. The summed E-state index contributed by atoms with van der Waals surface area (Å²) in [4.78, 5) is 25.1. The molecule has 122 valence electrons. The van der Waals surface area contributed by atoms with Crippen LogP contribution in [0.2, 0.25) is 0 Å². The van der Waals surface area contributed by atoms with Crippen molar-refractivity contribution in [2.45, 2.75) is 31.2 Å². The quantitative estimate of drug-likeness (QED) is 0.635. The summed E-state index contributed by atoms with van der Waals surface area (Å²) in [5, 5.41) is 31.3. The van der Waals surface area contributed by atoms with Crippen molar-refractivity contribution < 1.29 is 34.4 Å². The monoisotopic (exact) mass is 320 g/mol. The minimum atomic E-state index is -2.66. The molecule has 7 heteroatoms. The van der Waals surface area contributed by atoms with Crippen LogP contribution in [0, 0.1) is 6.92 Å². The van der Waals surface area contributed by atoms with Gasteiger partial charge in [0.1, 0.15) is 22.8 Å². The van der Waals surface area contributed by atoms with E-state index in [2.05, 4.69) is 0 Å². The number of carbonyl (C=O) groups excluding carboxylic acids is 2. The van der Waals surface area contributed by atoms with E-state index in [1.165, 1.54) is 26.2 Å². The van der Waals surface area contributed by atoms with Crippen molar-refractivity contribution in [1.29, 1.82) is 0 Å². The van der Waals surface area contributed by atoms with Gasteiger partial charge >= 0.3 is 0 Å². The minimum Gasteiger partial charge on any atom is -0.507 e. The molecule has 3 rings (SSSR count). The van der Waals surface area contributed by atoms with E-state index >= 15 is 0 Å². The lowest BCUT2D eigenvalue weighted by molar-refractivity contribution is -0.176. The molecule has 3 unspecified atom stereocenters. The first kappa shape index (κ1) is 15.5. The maximum absolute atomic E-state index is 12.8. The van der Waals surface area contributed by atoms with E-state index in [0.29, 0.717) is 5.56 Å². The van der Waals surface area contributed by atoms with Crippen LogP contribution in [-0.2, 0) is 9.53 Å². The third-order valence-corrected chi connectivity index (χ3v) is 4.48. The maximum Gasteiger partial charge on any atom is 0.233 e. The smallest absolute Gasteiger partial charge is 0.233 e. The number of rotatable bonds is 1. The number of hydrogen-bond donors (Lipinski definition) is 3. The zero-order valence-corrected chi connectivity index (χ0v) is 12.8. The van der Waals surface area contributed by atoms with Crippen LogP contribution in [-0.4, -0.2) is 51.3 Å². The van der Waals surface area contributed by atoms with Crippen LogP contribution in [0.1, 0.15) is 22.8 Å². The van der Waals surface area contributed by atoms with E-state index in [4.69, 9.17) is 9.47 Å². The number of Topliss-reactive ketones (excluding diaryl/α,β-unsaturated/α-hetero) is 1. The number of methoxy groups -OCH3 is 1. The predicted octanol–water partition coefficient (Wildman–Crippen LogP) is 0.239. The molecular weight excluding hydrogens is 304 g/mol. The number of aryl methyl sites for hydroxylation is 1. The molecule has 0 saturated heterocycles. The molecule has 2 aliphatic rings. The fourth-order valence-corrected chi connectivity index (χ4v) is 3.12. The van der Waals surface area contributed by atoms with Gasteiger partial charge in [-0.25, -0.2) is 0 Å². The lowest BCUT2D eigenvalue weighted by atomic mass is 9.67. The van der Waals surface area contributed by atoms with E-state index < -0.39 is 34.6 Å². The van der Waals surface area contributed by atoms with Gasteiger partial charge in [0.15, 0.2) is 11.7 Å². The number of phenolic OH excluding ortho intramolecular Hbond substituents is 1. The average Bonchev–Trinajstić information content (AvgIpc) is 2.47. The summed E-state index contributed by atoms with van der Waals surface area (Å²) in [6.45, 7) is 2.93. The van der Waals surface area contributed by atoms with Crippen molar-refractivity contribution in [2.24, 2.45) is 0 Å². The molecular formula is C16H16O7. The minimum absolute atomic E-state index is 0.0103. The van der Waals surface area contributed by atoms with Gasteiger partial charge in [-0.1, -0.05) is 0 Å². The zero-order chi connectivity index (χ0) is 17.2. The van der Waals surface area contributed by atoms with Crippen molar-refractivity contribution >= 4 is 11.6 Å². The van der Waals surface area contributed by atoms with Gasteiger partial charge in [-0.05, 0) is 31.5 Å². The molecule has 0 fully saturated rings. The summed E-state index contributed by atoms with van der Waals surface area (Å²) in [5.41, 5.74) is -4.31. The number of ketones is 2. The Morgan fingerprint density at radius 2 is 1.96 bits per heavy atom. The number of carbonyl (C=O) groups is 2. The number of ether oxygens (including phenoxy) is 2. The van der Waals surface area contributed by atoms with Crippen molar-refractivity contribution in [1.82, 2.24) is 0 Å². The number of aromatic hydroxyl groups is 1. The van der Waals surface area contributed by atoms with Crippen molar-refractivity contribution in [2.75, 3.05) is 7.11 Å². The molecule has 0 bridgehead atoms. The van der Waals surface area contributed by atoms with Crippen LogP contribution in [0.15, 0.2) is 24.0 Å². The van der Waals surface area contributed by atoms with Crippen LogP contribution in [0.25, 0.3) is 0 Å². The number of aliphatic hydroxyl groups is 2. The normalized spacial score (nSPS) is 32.6. The second kappa shape index (κ2) is 4.56. The Balaban J connectivity index is 2.30. The highest BCUT2D eigenvalue weighted by molar-refractivity contribution is 6.24. The number of phenols is 1. The molecule has 3 N–H and O–H groups in total. The second-order valence-corrected chi connectivity index (χ2v) is 5.92. The Labute approximate surface area is 131 Å². The standard InChI is InChI=1S/C16H16O7/c1-7-4-8(17)12-9(5-7)23-15(2)13(19)10(22-3)6-11(18)16(15,21)14(12)20/h4-6,13,17,19,21H,1-3H3. The Kier molecular flexibility index (Phi) is 3.08. The second-order valence-electron chi connectivity index (χ2n) is 5.92. The Hall–Kier alpha value is -2.38. The van der Waals surface area contributed by atoms with E-state index in [1.54, 1.807) is 6.92 Å². The number of benzene rings is 1. The SMILES string of the molecule is COC1=CC(=O)C2(O)C(=O)c3c(O)cc(C)cc3OC2(C)C1O. The zero-order valence-electron chi connectivity index (χ0n) is 12.8. The molecule has 1 aliphatic carbocycles. The maximum atomic E-state index is 12.8. The lowest BCUT2D eigenvalue weighted by Crippen LogP contribution is -2.74. The third-order valence-electron chi connectivity index (χ3n) is 4.48. The molecule has 0 aromatic heterocycles. The number of fused-ring (bicyclic) bond motifs is 2. The highest BCUT2D eigenvalue weighted by atomic mass is 16.5. The van der Waals surface area contributed by atoms with Gasteiger partial charge in [0.25, 0.3) is 0 Å². The molecule has 0 radical (unpaired) electrons. The average molecular weight is 320 g/mol. The molecule has 23 heavy (non-hydrogen) atoms. The highest BCUT2D eigenvalue weighted by Crippen LogP contribution is 2.48. The van der Waals surface area contributed by atoms with Gasteiger partial charge in [-0.15, -0.1) is 0 Å². The van der Waals surface area contributed by atoms with E-state index in [9.17, 15) is 24.9 Å². The van der Waals surface area contributed by atoms with Gasteiger partial charge in [0, 0.05) is 6.08 Å². The van der Waals surface area contributed by atoms with Gasteiger partial charge in [-0.3, -0.25) is 9.59 Å². The molecule has 1 aromatic carbocycles. The summed E-state index contributed by atoms with van der Waals surface area (Å²) < 4.78 is 10.6. The Morgan fingerprint density at radius 1 is 1.30 bits per heavy atom. The van der Waals surface area contributed by atoms with Crippen LogP contribution in [0.3, 0.4) is 0 Å². The van der Waals surface area contributed by atoms with Crippen molar-refractivity contribution in [3.05, 3.63) is 35.1 Å². The molecule has 3 atom stereocenters. The molecule has 0 spiro atoms. The summed E-state index contributed by atoms with van der Waals surface area (Å²) in [5.74, 6) is -2.52. The van der Waals surface area contributed by atoms with E-state index in [1.807, 2.05) is 0 Å². The van der Waals surface area contributed by atoms with E-state index in [0.717, 1.165) is 6.08 Å². The third kappa shape index (κ3) is 1.71. The van der Waals surface area contributed by atoms with Crippen molar-refractivity contribution in [3.8, 4) is 11.5 Å². The lowest BCUT2D eigenvalue weighted by Gasteiger charge is -2.49. The van der Waals surface area contributed by atoms with Gasteiger partial charge in [0.05, 0.1) is 7.11 Å². The molecule has 0 saturated carbocycles. The van der Waals surface area contributed by atoms with Crippen LogP contribution >= 0.6 is 0 Å². The summed E-state index contributed by atoms with van der Waals surface area (Å²) in [7, 11) is 1.25. The van der Waals surface area contributed by atoms with Crippen LogP contribution in [0.5, 0.6) is 11.5 Å². The summed E-state index contributed by atoms with van der Waals surface area (Å²) in [6, 6.07) is 2.81. The van der Waals surface area contributed by atoms with Gasteiger partial charge in [-0.2, -0.15) is 0 Å². The highest BCUT2D eigenvalue weighted by Gasteiger charge is 2.69. The first-order chi connectivity index (χ1) is 10.7. The first-order valence-corrected chi connectivity index (χ1v) is 6.94. The fraction of sp³-hybridized carbons (Fsp3) is 0.375.